The van der Waals surface area contributed by atoms with Crippen molar-refractivity contribution >= 4 is 0 Å². The Morgan fingerprint density at radius 3 is 2.33 bits per heavy atom. The smallest absolute Gasteiger partial charge is 0.0646 e. The highest BCUT2D eigenvalue weighted by Crippen LogP contribution is 2.29. The van der Waals surface area contributed by atoms with Gasteiger partial charge in [-0.3, -0.25) is 0 Å². The normalized spacial score (nSPS) is 28.4. The topological polar surface area (TPSA) is 47.3 Å². The Morgan fingerprint density at radius 2 is 1.93 bits per heavy atom. The van der Waals surface area contributed by atoms with Crippen molar-refractivity contribution in [2.24, 2.45) is 11.1 Å². The molecule has 1 unspecified atom stereocenters. The molecule has 1 fully saturated rings. The third-order valence-electron chi connectivity index (χ3n) is 3.92. The van der Waals surface area contributed by atoms with Gasteiger partial charge in [0.05, 0.1) is 6.61 Å². The first-order valence-electron chi connectivity index (χ1n) is 5.78. The molecule has 90 valence electrons. The van der Waals surface area contributed by atoms with Crippen molar-refractivity contribution in [1.29, 1.82) is 0 Å². The highest BCUT2D eigenvalue weighted by atomic mass is 16.5. The molecule has 0 bridgehead atoms. The molecule has 3 heteroatoms. The van der Waals surface area contributed by atoms with E-state index in [1.54, 1.807) is 0 Å². The first-order valence-corrected chi connectivity index (χ1v) is 5.78. The summed E-state index contributed by atoms with van der Waals surface area (Å²) in [5.74, 6) is 0. The van der Waals surface area contributed by atoms with Gasteiger partial charge in [-0.1, -0.05) is 13.8 Å². The zero-order chi connectivity index (χ0) is 11.7. The Labute approximate surface area is 93.8 Å². The number of rotatable bonds is 4. The molecule has 1 rings (SSSR count). The minimum Gasteiger partial charge on any atom is -0.379 e. The predicted octanol–water partition coefficient (Wildman–Crippen LogP) is 1.52. The monoisotopic (exact) mass is 214 g/mol. The highest BCUT2D eigenvalue weighted by molar-refractivity contribution is 4.95. The fraction of sp³-hybridized carbons (Fsp3) is 1.00. The molecule has 1 saturated heterocycles. The van der Waals surface area contributed by atoms with Gasteiger partial charge in [0.15, 0.2) is 0 Å². The van der Waals surface area contributed by atoms with Gasteiger partial charge in [0.2, 0.25) is 0 Å². The molecule has 15 heavy (non-hydrogen) atoms. The number of nitrogens with one attached hydrogen (secondary N) is 1. The summed E-state index contributed by atoms with van der Waals surface area (Å²) < 4.78 is 5.42. The Kier molecular flexibility index (Phi) is 3.49. The summed E-state index contributed by atoms with van der Waals surface area (Å²) in [4.78, 5) is 0. The maximum Gasteiger partial charge on any atom is 0.0646 e. The lowest BCUT2D eigenvalue weighted by Crippen LogP contribution is -2.56. The molecule has 1 aliphatic rings. The van der Waals surface area contributed by atoms with Crippen LogP contribution in [0.15, 0.2) is 0 Å². The van der Waals surface area contributed by atoms with E-state index in [0.29, 0.717) is 0 Å². The molecule has 1 heterocycles. The summed E-state index contributed by atoms with van der Waals surface area (Å²) in [6.45, 7) is 13.4. The summed E-state index contributed by atoms with van der Waals surface area (Å²) in [6.07, 6.45) is 1.09. The summed E-state index contributed by atoms with van der Waals surface area (Å²) in [6, 6.07) is 0. The number of nitrogens with two attached hydrogens (primary N) is 1. The van der Waals surface area contributed by atoms with E-state index in [1.165, 1.54) is 0 Å². The van der Waals surface area contributed by atoms with E-state index in [0.717, 1.165) is 26.2 Å². The van der Waals surface area contributed by atoms with Gasteiger partial charge in [0, 0.05) is 24.2 Å². The second-order valence-electron chi connectivity index (χ2n) is 6.32. The summed E-state index contributed by atoms with van der Waals surface area (Å²) in [5.41, 5.74) is 6.22. The van der Waals surface area contributed by atoms with Crippen LogP contribution in [0.4, 0.5) is 0 Å². The zero-order valence-corrected chi connectivity index (χ0v) is 10.8. The van der Waals surface area contributed by atoms with E-state index in [2.05, 4.69) is 39.9 Å². The molecular formula is C12H26N2O. The maximum atomic E-state index is 6.17. The Hall–Kier alpha value is -0.120. The van der Waals surface area contributed by atoms with Gasteiger partial charge in [-0.05, 0) is 32.6 Å². The molecule has 1 atom stereocenters. The second-order valence-corrected chi connectivity index (χ2v) is 6.32. The van der Waals surface area contributed by atoms with Crippen molar-refractivity contribution < 1.29 is 4.74 Å². The summed E-state index contributed by atoms with van der Waals surface area (Å²) in [7, 11) is 0. The summed E-state index contributed by atoms with van der Waals surface area (Å²) in [5, 5.41) is 3.60. The number of hydrogen-bond acceptors (Lipinski definition) is 3. The maximum absolute atomic E-state index is 6.17. The van der Waals surface area contributed by atoms with Crippen molar-refractivity contribution in [2.45, 2.75) is 52.1 Å². The molecule has 0 aliphatic carbocycles. The first kappa shape index (κ1) is 12.9. The van der Waals surface area contributed by atoms with Crippen molar-refractivity contribution in [3.05, 3.63) is 0 Å². The van der Waals surface area contributed by atoms with Gasteiger partial charge in [-0.2, -0.15) is 0 Å². The average Bonchev–Trinajstić information content (AvgIpc) is 2.48. The molecule has 0 aromatic rings. The van der Waals surface area contributed by atoms with Crippen LogP contribution in [0, 0.1) is 5.41 Å². The van der Waals surface area contributed by atoms with Crippen LogP contribution in [0.3, 0.4) is 0 Å². The molecule has 0 amide bonds. The minimum absolute atomic E-state index is 0.0819. The van der Waals surface area contributed by atoms with E-state index in [1.807, 2.05) is 0 Å². The summed E-state index contributed by atoms with van der Waals surface area (Å²) >= 11 is 0. The molecule has 0 saturated carbocycles. The molecule has 0 radical (unpaired) electrons. The number of ether oxygens (including phenoxy) is 1. The fourth-order valence-corrected chi connectivity index (χ4v) is 1.47. The van der Waals surface area contributed by atoms with Crippen molar-refractivity contribution in [3.8, 4) is 0 Å². The van der Waals surface area contributed by atoms with Gasteiger partial charge >= 0.3 is 0 Å². The van der Waals surface area contributed by atoms with Crippen LogP contribution in [0.5, 0.6) is 0 Å². The van der Waals surface area contributed by atoms with Gasteiger partial charge in [-0.15, -0.1) is 0 Å². The molecule has 0 aromatic heterocycles. The van der Waals surface area contributed by atoms with Crippen molar-refractivity contribution in [1.82, 2.24) is 5.32 Å². The van der Waals surface area contributed by atoms with Crippen LogP contribution in [0.25, 0.3) is 0 Å². The zero-order valence-electron chi connectivity index (χ0n) is 10.8. The Bertz CT molecular complexity index is 212. The molecule has 3 nitrogen and oxygen atoms in total. The lowest BCUT2D eigenvalue weighted by Gasteiger charge is -2.41. The van der Waals surface area contributed by atoms with E-state index in [4.69, 9.17) is 10.5 Å². The van der Waals surface area contributed by atoms with Gasteiger partial charge in [0.25, 0.3) is 0 Å². The largest absolute Gasteiger partial charge is 0.379 e. The van der Waals surface area contributed by atoms with Crippen LogP contribution in [0.2, 0.25) is 0 Å². The lowest BCUT2D eigenvalue weighted by molar-refractivity contribution is 0.145. The van der Waals surface area contributed by atoms with Crippen LogP contribution in [-0.2, 0) is 4.74 Å². The molecule has 0 spiro atoms. The average molecular weight is 214 g/mol. The Balaban J connectivity index is 2.49. The third-order valence-corrected chi connectivity index (χ3v) is 3.92. The van der Waals surface area contributed by atoms with E-state index >= 15 is 0 Å². The first-order chi connectivity index (χ1) is 6.66. The molecule has 3 N–H and O–H groups in total. The highest BCUT2D eigenvalue weighted by Gasteiger charge is 2.36. The Morgan fingerprint density at radius 1 is 1.33 bits per heavy atom. The van der Waals surface area contributed by atoms with E-state index < -0.39 is 0 Å². The van der Waals surface area contributed by atoms with Gasteiger partial charge < -0.3 is 15.8 Å². The molecular weight excluding hydrogens is 188 g/mol. The SMILES string of the molecule is CC1(NCC(C)(C)C(C)(C)N)CCOC1. The van der Waals surface area contributed by atoms with E-state index in [-0.39, 0.29) is 16.5 Å². The quantitative estimate of drug-likeness (QED) is 0.746. The van der Waals surface area contributed by atoms with Crippen LogP contribution in [-0.4, -0.2) is 30.8 Å². The van der Waals surface area contributed by atoms with Gasteiger partial charge in [0.1, 0.15) is 0 Å². The van der Waals surface area contributed by atoms with Gasteiger partial charge in [-0.25, -0.2) is 0 Å². The minimum atomic E-state index is -0.171. The molecule has 1 aliphatic heterocycles. The van der Waals surface area contributed by atoms with Crippen molar-refractivity contribution in [2.75, 3.05) is 19.8 Å². The van der Waals surface area contributed by atoms with Crippen LogP contribution in [0.1, 0.15) is 41.0 Å². The fourth-order valence-electron chi connectivity index (χ4n) is 1.47. The lowest BCUT2D eigenvalue weighted by atomic mass is 9.75. The van der Waals surface area contributed by atoms with Crippen LogP contribution >= 0.6 is 0 Å². The van der Waals surface area contributed by atoms with Crippen molar-refractivity contribution in [3.63, 3.8) is 0 Å². The van der Waals surface area contributed by atoms with Crippen LogP contribution < -0.4 is 11.1 Å². The molecule has 0 aromatic carbocycles. The van der Waals surface area contributed by atoms with E-state index in [9.17, 15) is 0 Å². The predicted molar refractivity (Wildman–Crippen MR) is 63.9 cm³/mol. The standard InChI is InChI=1S/C12H26N2O/c1-10(2,11(3,4)13)8-14-12(5)6-7-15-9-12/h14H,6-9,13H2,1-5H3. The second kappa shape index (κ2) is 4.04. The third kappa shape index (κ3) is 3.16. The number of hydrogen-bond donors (Lipinski definition) is 2.